The summed E-state index contributed by atoms with van der Waals surface area (Å²) in [7, 11) is 0. The SMILES string of the molecule is O=C(Nc1c(Cl)cncc1Cl)c1ccc(OC(F)F)cc1OCC1CC1. The number of hydrogen-bond acceptors (Lipinski definition) is 4. The number of carbonyl (C=O) groups excluding carboxylic acids is 1. The van der Waals surface area contributed by atoms with Crippen molar-refractivity contribution < 1.29 is 23.0 Å². The number of halogens is 4. The Bertz CT molecular complexity index is 796. The molecule has 1 heterocycles. The number of aromatic nitrogens is 1. The van der Waals surface area contributed by atoms with Gasteiger partial charge in [-0.2, -0.15) is 8.78 Å². The zero-order valence-corrected chi connectivity index (χ0v) is 14.9. The normalized spacial score (nSPS) is 13.6. The molecule has 5 nitrogen and oxygen atoms in total. The highest BCUT2D eigenvalue weighted by Gasteiger charge is 2.24. The van der Waals surface area contributed by atoms with E-state index in [1.807, 2.05) is 0 Å². The van der Waals surface area contributed by atoms with Crippen molar-refractivity contribution in [1.82, 2.24) is 4.98 Å². The standard InChI is InChI=1S/C17H14Cl2F2N2O3/c18-12-6-22-7-13(19)15(12)23-16(24)11-4-3-10(26-17(20)21)5-14(11)25-8-9-1-2-9/h3-7,9,17H,1-2,8H2,(H,22,23,24). The monoisotopic (exact) mass is 402 g/mol. The van der Waals surface area contributed by atoms with Crippen LogP contribution in [-0.2, 0) is 0 Å². The first-order chi connectivity index (χ1) is 12.4. The first kappa shape index (κ1) is 18.7. The molecule has 0 saturated heterocycles. The second-order valence-corrected chi connectivity index (χ2v) is 6.54. The summed E-state index contributed by atoms with van der Waals surface area (Å²) in [4.78, 5) is 16.4. The molecular weight excluding hydrogens is 389 g/mol. The highest BCUT2D eigenvalue weighted by Crippen LogP contribution is 2.34. The molecule has 1 saturated carbocycles. The lowest BCUT2D eigenvalue weighted by atomic mass is 10.1. The molecule has 1 aromatic carbocycles. The van der Waals surface area contributed by atoms with E-state index in [1.54, 1.807) is 0 Å². The first-order valence-electron chi connectivity index (χ1n) is 7.76. The molecule has 0 radical (unpaired) electrons. The highest BCUT2D eigenvalue weighted by atomic mass is 35.5. The van der Waals surface area contributed by atoms with E-state index in [2.05, 4.69) is 15.0 Å². The van der Waals surface area contributed by atoms with Crippen molar-refractivity contribution >= 4 is 34.8 Å². The summed E-state index contributed by atoms with van der Waals surface area (Å²) in [5, 5.41) is 2.93. The number of rotatable bonds is 7. The van der Waals surface area contributed by atoms with Gasteiger partial charge in [0.1, 0.15) is 11.5 Å². The molecule has 0 aliphatic heterocycles. The van der Waals surface area contributed by atoms with Crippen molar-refractivity contribution in [2.45, 2.75) is 19.5 Å². The van der Waals surface area contributed by atoms with Crippen molar-refractivity contribution in [2.75, 3.05) is 11.9 Å². The number of benzene rings is 1. The summed E-state index contributed by atoms with van der Waals surface area (Å²) < 4.78 is 34.9. The van der Waals surface area contributed by atoms with Crippen LogP contribution in [0.1, 0.15) is 23.2 Å². The van der Waals surface area contributed by atoms with Gasteiger partial charge in [-0.1, -0.05) is 23.2 Å². The Labute approximate surface area is 158 Å². The van der Waals surface area contributed by atoms with Gasteiger partial charge in [0.2, 0.25) is 0 Å². The van der Waals surface area contributed by atoms with Crippen LogP contribution in [0.3, 0.4) is 0 Å². The number of nitrogens with zero attached hydrogens (tertiary/aromatic N) is 1. The second-order valence-electron chi connectivity index (χ2n) is 5.72. The van der Waals surface area contributed by atoms with Crippen LogP contribution in [0, 0.1) is 5.92 Å². The molecule has 1 aromatic heterocycles. The van der Waals surface area contributed by atoms with Crippen molar-refractivity contribution in [1.29, 1.82) is 0 Å². The number of hydrogen-bond donors (Lipinski definition) is 1. The van der Waals surface area contributed by atoms with Gasteiger partial charge in [-0.05, 0) is 30.9 Å². The van der Waals surface area contributed by atoms with Gasteiger partial charge in [0, 0.05) is 18.5 Å². The van der Waals surface area contributed by atoms with Crippen LogP contribution >= 0.6 is 23.2 Å². The Morgan fingerprint density at radius 3 is 2.58 bits per heavy atom. The van der Waals surface area contributed by atoms with Crippen LogP contribution in [0.25, 0.3) is 0 Å². The minimum absolute atomic E-state index is 0.0951. The predicted octanol–water partition coefficient (Wildman–Crippen LogP) is 5.03. The molecular formula is C17H14Cl2F2N2O3. The number of nitrogens with one attached hydrogen (secondary N) is 1. The van der Waals surface area contributed by atoms with Crippen molar-refractivity contribution in [2.24, 2.45) is 5.92 Å². The Morgan fingerprint density at radius 1 is 1.27 bits per heavy atom. The fourth-order valence-corrected chi connectivity index (χ4v) is 2.65. The van der Waals surface area contributed by atoms with E-state index in [0.717, 1.165) is 12.8 Å². The van der Waals surface area contributed by atoms with Crippen molar-refractivity contribution in [3.63, 3.8) is 0 Å². The highest BCUT2D eigenvalue weighted by molar-refractivity contribution is 6.39. The Balaban J connectivity index is 1.84. The van der Waals surface area contributed by atoms with Gasteiger partial charge in [-0.3, -0.25) is 9.78 Å². The minimum Gasteiger partial charge on any atom is -0.492 e. The van der Waals surface area contributed by atoms with E-state index >= 15 is 0 Å². The van der Waals surface area contributed by atoms with Crippen LogP contribution in [0.15, 0.2) is 30.6 Å². The number of amides is 1. The fraction of sp³-hybridized carbons (Fsp3) is 0.294. The van der Waals surface area contributed by atoms with Crippen LogP contribution in [0.2, 0.25) is 10.0 Å². The lowest BCUT2D eigenvalue weighted by Gasteiger charge is -2.14. The van der Waals surface area contributed by atoms with Gasteiger partial charge >= 0.3 is 6.61 Å². The maximum absolute atomic E-state index is 12.6. The molecule has 138 valence electrons. The Kier molecular flexibility index (Phi) is 5.78. The second kappa shape index (κ2) is 8.05. The van der Waals surface area contributed by atoms with E-state index in [9.17, 15) is 13.6 Å². The van der Waals surface area contributed by atoms with Gasteiger partial charge in [-0.15, -0.1) is 0 Å². The summed E-state index contributed by atoms with van der Waals surface area (Å²) in [5.74, 6) is -0.0831. The van der Waals surface area contributed by atoms with Gasteiger partial charge < -0.3 is 14.8 Å². The molecule has 1 aliphatic carbocycles. The molecule has 3 rings (SSSR count). The zero-order chi connectivity index (χ0) is 18.7. The average Bonchev–Trinajstić information content (AvgIpc) is 3.40. The number of ether oxygens (including phenoxy) is 2. The maximum atomic E-state index is 12.6. The zero-order valence-electron chi connectivity index (χ0n) is 13.3. The average molecular weight is 403 g/mol. The van der Waals surface area contributed by atoms with Crippen molar-refractivity contribution in [3.8, 4) is 11.5 Å². The third-order valence-electron chi connectivity index (χ3n) is 3.69. The molecule has 1 fully saturated rings. The van der Waals surface area contributed by atoms with E-state index in [0.29, 0.717) is 12.5 Å². The van der Waals surface area contributed by atoms with Crippen LogP contribution in [0.4, 0.5) is 14.5 Å². The van der Waals surface area contributed by atoms with Gasteiger partial charge in [0.15, 0.2) is 0 Å². The molecule has 9 heteroatoms. The number of anilines is 1. The topological polar surface area (TPSA) is 60.5 Å². The van der Waals surface area contributed by atoms with Crippen LogP contribution in [-0.4, -0.2) is 24.1 Å². The van der Waals surface area contributed by atoms with E-state index < -0.39 is 12.5 Å². The van der Waals surface area contributed by atoms with E-state index in [1.165, 1.54) is 30.6 Å². The first-order valence-corrected chi connectivity index (χ1v) is 8.51. The minimum atomic E-state index is -2.97. The smallest absolute Gasteiger partial charge is 0.387 e. The molecule has 0 spiro atoms. The molecule has 0 atom stereocenters. The van der Waals surface area contributed by atoms with Gasteiger partial charge in [-0.25, -0.2) is 0 Å². The van der Waals surface area contributed by atoms with Gasteiger partial charge in [0.05, 0.1) is 27.9 Å². The molecule has 1 aliphatic rings. The molecule has 1 N–H and O–H groups in total. The number of alkyl halides is 2. The lowest BCUT2D eigenvalue weighted by molar-refractivity contribution is -0.0499. The lowest BCUT2D eigenvalue weighted by Crippen LogP contribution is -2.15. The summed E-state index contributed by atoms with van der Waals surface area (Å²) in [6.45, 7) is -2.57. The summed E-state index contributed by atoms with van der Waals surface area (Å²) >= 11 is 12.0. The van der Waals surface area contributed by atoms with Crippen LogP contribution < -0.4 is 14.8 Å². The Morgan fingerprint density at radius 2 is 1.96 bits per heavy atom. The number of pyridine rings is 1. The van der Waals surface area contributed by atoms with Gasteiger partial charge in [0.25, 0.3) is 5.91 Å². The largest absolute Gasteiger partial charge is 0.492 e. The maximum Gasteiger partial charge on any atom is 0.387 e. The molecule has 26 heavy (non-hydrogen) atoms. The van der Waals surface area contributed by atoms with E-state index in [-0.39, 0.29) is 32.8 Å². The number of carbonyl (C=O) groups is 1. The summed E-state index contributed by atoms with van der Waals surface area (Å²) in [5.41, 5.74) is 0.352. The molecule has 0 bridgehead atoms. The quantitative estimate of drug-likeness (QED) is 0.705. The predicted molar refractivity (Wildman–Crippen MR) is 93.5 cm³/mol. The van der Waals surface area contributed by atoms with Crippen LogP contribution in [0.5, 0.6) is 11.5 Å². The molecule has 0 unspecified atom stereocenters. The Hall–Kier alpha value is -2.12. The fourth-order valence-electron chi connectivity index (χ4n) is 2.19. The third kappa shape index (κ3) is 4.74. The third-order valence-corrected chi connectivity index (χ3v) is 4.26. The van der Waals surface area contributed by atoms with E-state index in [4.69, 9.17) is 27.9 Å². The molecule has 1 amide bonds. The summed E-state index contributed by atoms with van der Waals surface area (Å²) in [6.07, 6.45) is 4.76. The van der Waals surface area contributed by atoms with Crippen molar-refractivity contribution in [3.05, 3.63) is 46.2 Å². The summed E-state index contributed by atoms with van der Waals surface area (Å²) in [6, 6.07) is 3.87. The molecule has 2 aromatic rings.